The SMILES string of the molecule is CCCCCCNCCSc1ncccc1Br. The molecule has 0 fully saturated rings. The topological polar surface area (TPSA) is 24.9 Å². The minimum absolute atomic E-state index is 1.06. The molecule has 0 saturated carbocycles. The summed E-state index contributed by atoms with van der Waals surface area (Å²) in [5.74, 6) is 1.07. The molecule has 1 N–H and O–H groups in total. The Labute approximate surface area is 117 Å². The van der Waals surface area contributed by atoms with E-state index in [4.69, 9.17) is 0 Å². The summed E-state index contributed by atoms with van der Waals surface area (Å²) in [7, 11) is 0. The van der Waals surface area contributed by atoms with Gasteiger partial charge in [-0.15, -0.1) is 11.8 Å². The van der Waals surface area contributed by atoms with Crippen molar-refractivity contribution in [2.45, 2.75) is 37.6 Å². The lowest BCUT2D eigenvalue weighted by Crippen LogP contribution is -2.18. The molecule has 17 heavy (non-hydrogen) atoms. The molecule has 0 radical (unpaired) electrons. The Kier molecular flexibility index (Phi) is 8.75. The second-order valence-corrected chi connectivity index (χ2v) is 5.89. The molecule has 96 valence electrons. The number of unbranched alkanes of at least 4 members (excludes halogenated alkanes) is 3. The fourth-order valence-corrected chi connectivity index (χ4v) is 2.88. The number of rotatable bonds is 9. The zero-order valence-corrected chi connectivity index (χ0v) is 12.8. The molecule has 0 aliphatic carbocycles. The highest BCUT2D eigenvalue weighted by Gasteiger charge is 1.99. The van der Waals surface area contributed by atoms with Crippen molar-refractivity contribution < 1.29 is 0 Å². The molecule has 2 nitrogen and oxygen atoms in total. The van der Waals surface area contributed by atoms with E-state index in [1.807, 2.05) is 18.3 Å². The van der Waals surface area contributed by atoms with Gasteiger partial charge in [0.15, 0.2) is 0 Å². The first-order chi connectivity index (χ1) is 8.34. The first-order valence-electron chi connectivity index (χ1n) is 6.28. The smallest absolute Gasteiger partial charge is 0.110 e. The van der Waals surface area contributed by atoms with Gasteiger partial charge in [-0.05, 0) is 41.0 Å². The highest BCUT2D eigenvalue weighted by atomic mass is 79.9. The molecule has 0 aliphatic heterocycles. The van der Waals surface area contributed by atoms with Gasteiger partial charge in [-0.1, -0.05) is 26.2 Å². The van der Waals surface area contributed by atoms with E-state index in [9.17, 15) is 0 Å². The van der Waals surface area contributed by atoms with Gasteiger partial charge in [0, 0.05) is 23.0 Å². The summed E-state index contributed by atoms with van der Waals surface area (Å²) in [5, 5.41) is 4.55. The summed E-state index contributed by atoms with van der Waals surface area (Å²) < 4.78 is 1.09. The quantitative estimate of drug-likeness (QED) is 0.548. The molecule has 0 bridgehead atoms. The number of thioether (sulfide) groups is 1. The van der Waals surface area contributed by atoms with E-state index in [1.54, 1.807) is 11.8 Å². The van der Waals surface area contributed by atoms with Crippen LogP contribution >= 0.6 is 27.7 Å². The van der Waals surface area contributed by atoms with Gasteiger partial charge in [0.25, 0.3) is 0 Å². The number of hydrogen-bond donors (Lipinski definition) is 1. The van der Waals surface area contributed by atoms with Gasteiger partial charge in [0.05, 0.1) is 0 Å². The van der Waals surface area contributed by atoms with Gasteiger partial charge in [0.2, 0.25) is 0 Å². The Morgan fingerprint density at radius 1 is 1.29 bits per heavy atom. The molecule has 1 heterocycles. The van der Waals surface area contributed by atoms with Crippen LogP contribution in [-0.4, -0.2) is 23.8 Å². The van der Waals surface area contributed by atoms with Gasteiger partial charge in [-0.2, -0.15) is 0 Å². The molecule has 0 saturated heterocycles. The summed E-state index contributed by atoms with van der Waals surface area (Å²) in [6.07, 6.45) is 7.15. The van der Waals surface area contributed by atoms with Crippen molar-refractivity contribution in [2.75, 3.05) is 18.8 Å². The third-order valence-corrected chi connectivity index (χ3v) is 4.36. The van der Waals surface area contributed by atoms with Gasteiger partial charge in [-0.25, -0.2) is 4.98 Å². The van der Waals surface area contributed by atoms with Gasteiger partial charge >= 0.3 is 0 Å². The largest absolute Gasteiger partial charge is 0.316 e. The highest BCUT2D eigenvalue weighted by molar-refractivity contribution is 9.10. The molecule has 0 aliphatic rings. The first-order valence-corrected chi connectivity index (χ1v) is 8.06. The van der Waals surface area contributed by atoms with E-state index in [0.29, 0.717) is 0 Å². The molecule has 1 rings (SSSR count). The Morgan fingerprint density at radius 3 is 2.94 bits per heavy atom. The average molecular weight is 317 g/mol. The molecule has 1 aromatic rings. The van der Waals surface area contributed by atoms with Crippen LogP contribution in [0.25, 0.3) is 0 Å². The summed E-state index contributed by atoms with van der Waals surface area (Å²) in [6.45, 7) is 4.44. The molecule has 0 spiro atoms. The maximum atomic E-state index is 4.32. The van der Waals surface area contributed by atoms with Crippen LogP contribution in [0.4, 0.5) is 0 Å². The van der Waals surface area contributed by atoms with Crippen molar-refractivity contribution in [1.82, 2.24) is 10.3 Å². The molecule has 0 unspecified atom stereocenters. The molecule has 0 aromatic carbocycles. The number of hydrogen-bond acceptors (Lipinski definition) is 3. The minimum Gasteiger partial charge on any atom is -0.316 e. The maximum Gasteiger partial charge on any atom is 0.110 e. The third-order valence-electron chi connectivity index (χ3n) is 2.45. The van der Waals surface area contributed by atoms with Crippen molar-refractivity contribution >= 4 is 27.7 Å². The predicted octanol–water partition coefficient (Wildman–Crippen LogP) is 4.11. The van der Waals surface area contributed by atoms with Crippen LogP contribution in [0.1, 0.15) is 32.6 Å². The van der Waals surface area contributed by atoms with Crippen molar-refractivity contribution in [1.29, 1.82) is 0 Å². The predicted molar refractivity (Wildman–Crippen MR) is 79.7 cm³/mol. The molecule has 0 atom stereocenters. The number of nitrogens with zero attached hydrogens (tertiary/aromatic N) is 1. The molecular formula is C13H21BrN2S. The van der Waals surface area contributed by atoms with Crippen LogP contribution < -0.4 is 5.32 Å². The second-order valence-electron chi connectivity index (χ2n) is 3.95. The zero-order valence-electron chi connectivity index (χ0n) is 10.4. The molecule has 1 aromatic heterocycles. The van der Waals surface area contributed by atoms with Crippen LogP contribution in [0.5, 0.6) is 0 Å². The van der Waals surface area contributed by atoms with Gasteiger partial charge in [0.1, 0.15) is 5.03 Å². The number of nitrogens with one attached hydrogen (secondary N) is 1. The van der Waals surface area contributed by atoms with Gasteiger partial charge < -0.3 is 5.32 Å². The van der Waals surface area contributed by atoms with E-state index in [1.165, 1.54) is 25.7 Å². The van der Waals surface area contributed by atoms with Crippen LogP contribution in [0.2, 0.25) is 0 Å². The average Bonchev–Trinajstić information content (AvgIpc) is 2.35. The van der Waals surface area contributed by atoms with Crippen LogP contribution in [-0.2, 0) is 0 Å². The van der Waals surface area contributed by atoms with E-state index in [0.717, 1.165) is 28.3 Å². The minimum atomic E-state index is 1.06. The maximum absolute atomic E-state index is 4.32. The summed E-state index contributed by atoms with van der Waals surface area (Å²) >= 11 is 5.30. The van der Waals surface area contributed by atoms with Crippen molar-refractivity contribution in [2.24, 2.45) is 0 Å². The summed E-state index contributed by atoms with van der Waals surface area (Å²) in [5.41, 5.74) is 0. The lowest BCUT2D eigenvalue weighted by atomic mass is 10.2. The number of pyridine rings is 1. The van der Waals surface area contributed by atoms with E-state index >= 15 is 0 Å². The fraction of sp³-hybridized carbons (Fsp3) is 0.615. The van der Waals surface area contributed by atoms with E-state index < -0.39 is 0 Å². The van der Waals surface area contributed by atoms with E-state index in [2.05, 4.69) is 33.2 Å². The van der Waals surface area contributed by atoms with Crippen LogP contribution in [0.15, 0.2) is 27.8 Å². The Balaban J connectivity index is 1.99. The first kappa shape index (κ1) is 15.0. The lowest BCUT2D eigenvalue weighted by molar-refractivity contribution is 0.612. The van der Waals surface area contributed by atoms with Crippen LogP contribution in [0.3, 0.4) is 0 Å². The molecule has 0 amide bonds. The van der Waals surface area contributed by atoms with Gasteiger partial charge in [-0.3, -0.25) is 0 Å². The highest BCUT2D eigenvalue weighted by Crippen LogP contribution is 2.23. The lowest BCUT2D eigenvalue weighted by Gasteiger charge is -2.05. The monoisotopic (exact) mass is 316 g/mol. The molecular weight excluding hydrogens is 296 g/mol. The Hall–Kier alpha value is -0.0600. The zero-order chi connectivity index (χ0) is 12.3. The normalized spacial score (nSPS) is 10.7. The van der Waals surface area contributed by atoms with Crippen molar-refractivity contribution in [3.8, 4) is 0 Å². The van der Waals surface area contributed by atoms with E-state index in [-0.39, 0.29) is 0 Å². The Morgan fingerprint density at radius 2 is 2.18 bits per heavy atom. The molecule has 4 heteroatoms. The standard InChI is InChI=1S/C13H21BrN2S/c1-2-3-4-5-8-15-10-11-17-13-12(14)7-6-9-16-13/h6-7,9,15H,2-5,8,10-11H2,1H3. The van der Waals surface area contributed by atoms with Crippen molar-refractivity contribution in [3.63, 3.8) is 0 Å². The van der Waals surface area contributed by atoms with Crippen LogP contribution in [0, 0.1) is 0 Å². The summed E-state index contributed by atoms with van der Waals surface area (Å²) in [6, 6.07) is 3.98. The second kappa shape index (κ2) is 9.92. The number of aromatic nitrogens is 1. The Bertz CT molecular complexity index is 307. The summed E-state index contributed by atoms with van der Waals surface area (Å²) in [4.78, 5) is 4.32. The van der Waals surface area contributed by atoms with Crippen molar-refractivity contribution in [3.05, 3.63) is 22.8 Å². The third kappa shape index (κ3) is 7.06. The fourth-order valence-electron chi connectivity index (χ4n) is 1.50. The number of halogens is 1.